The molecule has 2 atom stereocenters. The van der Waals surface area contributed by atoms with Gasteiger partial charge in [-0.25, -0.2) is 9.78 Å². The lowest BCUT2D eigenvalue weighted by molar-refractivity contribution is -0.145. The fraction of sp³-hybridized carbons (Fsp3) is 0.571. The highest BCUT2D eigenvalue weighted by atomic mass is 16.4. The maximum Gasteiger partial charge on any atom is 0.326 e. The van der Waals surface area contributed by atoms with Crippen LogP contribution >= 0.6 is 0 Å². The summed E-state index contributed by atoms with van der Waals surface area (Å²) < 4.78 is 0. The Hall–Kier alpha value is -2.42. The van der Waals surface area contributed by atoms with Crippen molar-refractivity contribution in [2.75, 3.05) is 0 Å². The number of hydrogen-bond acceptors (Lipinski definition) is 5. The molecule has 1 amide bonds. The van der Waals surface area contributed by atoms with Gasteiger partial charge < -0.3 is 26.2 Å². The number of carboxylic acid groups (broad SMARTS) is 2. The van der Waals surface area contributed by atoms with Gasteiger partial charge in [0.2, 0.25) is 5.91 Å². The van der Waals surface area contributed by atoms with E-state index in [0.29, 0.717) is 5.69 Å². The number of nitrogens with zero attached hydrogens (tertiary/aromatic N) is 1. The third-order valence-electron chi connectivity index (χ3n) is 3.29. The number of amides is 1. The molecule has 23 heavy (non-hydrogen) atoms. The minimum absolute atomic E-state index is 0.0376. The van der Waals surface area contributed by atoms with E-state index < -0.39 is 35.8 Å². The number of hydrogen-bond donors (Lipinski definition) is 5. The monoisotopic (exact) mass is 326 g/mol. The van der Waals surface area contributed by atoms with E-state index in [-0.39, 0.29) is 18.8 Å². The Morgan fingerprint density at radius 1 is 1.39 bits per heavy atom. The van der Waals surface area contributed by atoms with Crippen molar-refractivity contribution < 1.29 is 24.6 Å². The third-order valence-corrected chi connectivity index (χ3v) is 3.29. The lowest BCUT2D eigenvalue weighted by Crippen LogP contribution is -2.59. The molecule has 1 aromatic heterocycles. The van der Waals surface area contributed by atoms with E-state index in [9.17, 15) is 19.5 Å². The topological polar surface area (TPSA) is 158 Å². The smallest absolute Gasteiger partial charge is 0.326 e. The summed E-state index contributed by atoms with van der Waals surface area (Å²) in [7, 11) is 0. The number of carboxylic acids is 2. The van der Waals surface area contributed by atoms with Crippen LogP contribution in [0.5, 0.6) is 0 Å². The SMILES string of the molecule is CC(C)C[C@@H](NC(=O)[C@](N)(CC(=O)O)Cc1cnc[nH]1)C(=O)O. The van der Waals surface area contributed by atoms with Crippen molar-refractivity contribution in [3.8, 4) is 0 Å². The lowest BCUT2D eigenvalue weighted by Gasteiger charge is -2.28. The molecule has 128 valence electrons. The summed E-state index contributed by atoms with van der Waals surface area (Å²) in [5.41, 5.74) is 4.69. The van der Waals surface area contributed by atoms with Crippen molar-refractivity contribution >= 4 is 17.8 Å². The maximum absolute atomic E-state index is 12.4. The zero-order valence-electron chi connectivity index (χ0n) is 13.1. The largest absolute Gasteiger partial charge is 0.481 e. The van der Waals surface area contributed by atoms with Gasteiger partial charge in [-0.2, -0.15) is 0 Å². The Bertz CT molecular complexity index is 558. The van der Waals surface area contributed by atoms with Gasteiger partial charge >= 0.3 is 11.9 Å². The summed E-state index contributed by atoms with van der Waals surface area (Å²) >= 11 is 0. The van der Waals surface area contributed by atoms with Crippen molar-refractivity contribution in [2.24, 2.45) is 11.7 Å². The predicted molar refractivity (Wildman–Crippen MR) is 80.5 cm³/mol. The summed E-state index contributed by atoms with van der Waals surface area (Å²) in [5.74, 6) is -3.22. The number of carbonyl (C=O) groups is 3. The number of nitrogens with one attached hydrogen (secondary N) is 2. The highest BCUT2D eigenvalue weighted by Crippen LogP contribution is 2.15. The van der Waals surface area contributed by atoms with Crippen molar-refractivity contribution in [3.63, 3.8) is 0 Å². The van der Waals surface area contributed by atoms with Crippen LogP contribution in [-0.4, -0.2) is 49.6 Å². The first-order valence-electron chi connectivity index (χ1n) is 7.15. The van der Waals surface area contributed by atoms with Crippen LogP contribution < -0.4 is 11.1 Å². The molecule has 0 aliphatic carbocycles. The number of carbonyl (C=O) groups excluding carboxylic acids is 1. The molecular weight excluding hydrogens is 304 g/mol. The predicted octanol–water partition coefficient (Wildman–Crippen LogP) is -0.260. The highest BCUT2D eigenvalue weighted by molar-refractivity contribution is 5.93. The van der Waals surface area contributed by atoms with Crippen molar-refractivity contribution in [2.45, 2.75) is 44.7 Å². The number of imidazole rings is 1. The van der Waals surface area contributed by atoms with Gasteiger partial charge in [0.1, 0.15) is 11.6 Å². The van der Waals surface area contributed by atoms with E-state index >= 15 is 0 Å². The molecule has 0 aliphatic heterocycles. The van der Waals surface area contributed by atoms with Crippen LogP contribution in [0.1, 0.15) is 32.4 Å². The molecule has 0 saturated heterocycles. The summed E-state index contributed by atoms with van der Waals surface area (Å²) in [6, 6.07) is -1.12. The van der Waals surface area contributed by atoms with Crippen LogP contribution in [0.3, 0.4) is 0 Å². The molecule has 0 bridgehead atoms. The average molecular weight is 326 g/mol. The van der Waals surface area contributed by atoms with Crippen LogP contribution in [0, 0.1) is 5.92 Å². The molecule has 1 heterocycles. The summed E-state index contributed by atoms with van der Waals surface area (Å²) in [5, 5.41) is 20.5. The Kier molecular flexibility index (Phi) is 6.26. The molecule has 1 aromatic rings. The Morgan fingerprint density at radius 2 is 2.04 bits per heavy atom. The van der Waals surface area contributed by atoms with E-state index in [2.05, 4.69) is 15.3 Å². The quantitative estimate of drug-likeness (QED) is 0.418. The second kappa shape index (κ2) is 7.73. The number of aromatic amines is 1. The molecule has 0 saturated carbocycles. The van der Waals surface area contributed by atoms with Crippen LogP contribution in [0.4, 0.5) is 0 Å². The molecule has 0 aliphatic rings. The standard InChI is InChI=1S/C14H22N4O5/c1-8(2)3-10(12(21)22)18-13(23)14(15,5-11(19)20)4-9-6-16-7-17-9/h6-8,10H,3-5,15H2,1-2H3,(H,16,17)(H,18,23)(H,19,20)(H,21,22)/t10-,14-/m1/s1. The van der Waals surface area contributed by atoms with Gasteiger partial charge in [0.25, 0.3) is 0 Å². The highest BCUT2D eigenvalue weighted by Gasteiger charge is 2.39. The van der Waals surface area contributed by atoms with E-state index in [4.69, 9.17) is 10.8 Å². The van der Waals surface area contributed by atoms with Gasteiger partial charge in [0.15, 0.2) is 0 Å². The summed E-state index contributed by atoms with van der Waals surface area (Å²) in [4.78, 5) is 41.3. The van der Waals surface area contributed by atoms with Crippen molar-refractivity contribution in [1.82, 2.24) is 15.3 Å². The van der Waals surface area contributed by atoms with Gasteiger partial charge in [-0.15, -0.1) is 0 Å². The minimum Gasteiger partial charge on any atom is -0.481 e. The van der Waals surface area contributed by atoms with Crippen LogP contribution in [-0.2, 0) is 20.8 Å². The average Bonchev–Trinajstić information content (AvgIpc) is 2.88. The van der Waals surface area contributed by atoms with Gasteiger partial charge in [-0.1, -0.05) is 13.8 Å². The summed E-state index contributed by atoms with van der Waals surface area (Å²) in [6.45, 7) is 3.64. The maximum atomic E-state index is 12.4. The molecule has 1 rings (SSSR count). The Morgan fingerprint density at radius 3 is 2.48 bits per heavy atom. The molecule has 0 radical (unpaired) electrons. The van der Waals surface area contributed by atoms with Crippen molar-refractivity contribution in [3.05, 3.63) is 18.2 Å². The first-order valence-corrected chi connectivity index (χ1v) is 7.15. The molecule has 9 nitrogen and oxygen atoms in total. The zero-order valence-corrected chi connectivity index (χ0v) is 13.1. The molecule has 0 aromatic carbocycles. The summed E-state index contributed by atoms with van der Waals surface area (Å²) in [6.07, 6.45) is 2.30. The van der Waals surface area contributed by atoms with Gasteiger partial charge in [-0.3, -0.25) is 9.59 Å². The number of nitrogens with two attached hydrogens (primary N) is 1. The third kappa shape index (κ3) is 5.70. The second-order valence-electron chi connectivity index (χ2n) is 5.97. The van der Waals surface area contributed by atoms with E-state index in [1.807, 2.05) is 13.8 Å². The second-order valence-corrected chi connectivity index (χ2v) is 5.97. The zero-order chi connectivity index (χ0) is 17.6. The number of H-pyrrole nitrogens is 1. The molecular formula is C14H22N4O5. The first kappa shape index (κ1) is 18.6. The lowest BCUT2D eigenvalue weighted by atomic mass is 9.89. The van der Waals surface area contributed by atoms with E-state index in [1.165, 1.54) is 12.5 Å². The normalized spacial score (nSPS) is 15.0. The fourth-order valence-corrected chi connectivity index (χ4v) is 2.21. The number of aromatic nitrogens is 2. The van der Waals surface area contributed by atoms with Gasteiger partial charge in [0, 0.05) is 18.3 Å². The van der Waals surface area contributed by atoms with Crippen LogP contribution in [0.25, 0.3) is 0 Å². The first-order chi connectivity index (χ1) is 10.6. The molecule has 0 fully saturated rings. The minimum atomic E-state index is -1.77. The fourth-order valence-electron chi connectivity index (χ4n) is 2.21. The van der Waals surface area contributed by atoms with Gasteiger partial charge in [-0.05, 0) is 12.3 Å². The van der Waals surface area contributed by atoms with E-state index in [1.54, 1.807) is 0 Å². The molecule has 9 heteroatoms. The van der Waals surface area contributed by atoms with Crippen LogP contribution in [0.15, 0.2) is 12.5 Å². The van der Waals surface area contributed by atoms with Gasteiger partial charge in [0.05, 0.1) is 12.7 Å². The molecule has 0 spiro atoms. The van der Waals surface area contributed by atoms with Crippen LogP contribution in [0.2, 0.25) is 0 Å². The van der Waals surface area contributed by atoms with Crippen molar-refractivity contribution in [1.29, 1.82) is 0 Å². The Balaban J connectivity index is 2.93. The molecule has 6 N–H and O–H groups in total. The van der Waals surface area contributed by atoms with E-state index in [0.717, 1.165) is 0 Å². The number of rotatable bonds is 9. The Labute approximate surface area is 133 Å². The molecule has 0 unspecified atom stereocenters. The number of aliphatic carboxylic acids is 2.